The molecule has 0 aromatic heterocycles. The van der Waals surface area contributed by atoms with E-state index in [2.05, 4.69) is 0 Å². The maximum atomic E-state index is 12.0. The summed E-state index contributed by atoms with van der Waals surface area (Å²) in [5.41, 5.74) is 5.93. The van der Waals surface area contributed by atoms with Crippen LogP contribution >= 0.6 is 11.6 Å². The minimum atomic E-state index is -3.26. The molecule has 0 amide bonds. The van der Waals surface area contributed by atoms with Crippen LogP contribution in [0.5, 0.6) is 0 Å². The Balaban J connectivity index is 2.79. The molecule has 17 heavy (non-hydrogen) atoms. The summed E-state index contributed by atoms with van der Waals surface area (Å²) in [4.78, 5) is 2.18. The summed E-state index contributed by atoms with van der Waals surface area (Å²) in [6.45, 7) is 0.738. The van der Waals surface area contributed by atoms with E-state index in [1.165, 1.54) is 18.2 Å². The first-order valence-electron chi connectivity index (χ1n) is 5.25. The first-order valence-corrected chi connectivity index (χ1v) is 7.28. The van der Waals surface area contributed by atoms with Crippen molar-refractivity contribution in [2.75, 3.05) is 32.1 Å². The van der Waals surface area contributed by atoms with Gasteiger partial charge in [0.05, 0.1) is 21.4 Å². The van der Waals surface area contributed by atoms with Crippen LogP contribution in [0.1, 0.15) is 6.42 Å². The Morgan fingerprint density at radius 2 is 2.00 bits per heavy atom. The highest BCUT2D eigenvalue weighted by Crippen LogP contribution is 2.23. The number of rotatable bonds is 5. The van der Waals surface area contributed by atoms with E-state index in [1.54, 1.807) is 0 Å². The van der Waals surface area contributed by atoms with Crippen LogP contribution in [0.2, 0.25) is 5.02 Å². The normalized spacial score (nSPS) is 12.0. The van der Waals surface area contributed by atoms with Gasteiger partial charge in [0.2, 0.25) is 0 Å². The second kappa shape index (κ2) is 5.71. The molecule has 1 aromatic rings. The molecule has 0 atom stereocenters. The predicted molar refractivity (Wildman–Crippen MR) is 71.1 cm³/mol. The van der Waals surface area contributed by atoms with Crippen LogP contribution in [-0.4, -0.2) is 39.7 Å². The highest BCUT2D eigenvalue weighted by Gasteiger charge is 2.15. The largest absolute Gasteiger partial charge is 0.398 e. The van der Waals surface area contributed by atoms with Crippen molar-refractivity contribution < 1.29 is 8.42 Å². The first kappa shape index (κ1) is 14.3. The van der Waals surface area contributed by atoms with Crippen molar-refractivity contribution in [3.63, 3.8) is 0 Å². The Kier molecular flexibility index (Phi) is 4.80. The molecule has 0 fully saturated rings. The zero-order valence-electron chi connectivity index (χ0n) is 9.98. The van der Waals surface area contributed by atoms with E-state index in [0.717, 1.165) is 6.54 Å². The molecular formula is C11H17ClN2O2S. The van der Waals surface area contributed by atoms with Crippen molar-refractivity contribution in [2.45, 2.75) is 11.3 Å². The number of hydrogen-bond donors (Lipinski definition) is 1. The molecule has 0 saturated heterocycles. The second-order valence-electron chi connectivity index (χ2n) is 4.16. The van der Waals surface area contributed by atoms with Crippen molar-refractivity contribution in [1.29, 1.82) is 0 Å². The predicted octanol–water partition coefficient (Wildman–Crippen LogP) is 1.65. The van der Waals surface area contributed by atoms with Gasteiger partial charge in [0.15, 0.2) is 9.84 Å². The number of hydrogen-bond acceptors (Lipinski definition) is 4. The Morgan fingerprint density at radius 3 is 2.53 bits per heavy atom. The van der Waals surface area contributed by atoms with E-state index in [-0.39, 0.29) is 15.7 Å². The van der Waals surface area contributed by atoms with Gasteiger partial charge in [0, 0.05) is 0 Å². The van der Waals surface area contributed by atoms with E-state index in [1.807, 2.05) is 19.0 Å². The fraction of sp³-hybridized carbons (Fsp3) is 0.455. The van der Waals surface area contributed by atoms with Gasteiger partial charge in [-0.25, -0.2) is 8.42 Å². The van der Waals surface area contributed by atoms with Gasteiger partial charge in [-0.1, -0.05) is 11.6 Å². The molecule has 0 spiro atoms. The molecule has 2 N–H and O–H groups in total. The number of nitrogens with zero attached hydrogens (tertiary/aromatic N) is 1. The topological polar surface area (TPSA) is 63.4 Å². The standard InChI is InChI=1S/C11H17ClN2O2S/c1-14(2)6-3-7-17(15,16)9-4-5-11(13)10(12)8-9/h4-5,8H,3,6-7,13H2,1-2H3. The molecule has 0 radical (unpaired) electrons. The Labute approximate surface area is 107 Å². The van der Waals surface area contributed by atoms with Gasteiger partial charge >= 0.3 is 0 Å². The molecule has 0 heterocycles. The lowest BCUT2D eigenvalue weighted by molar-refractivity contribution is 0.408. The molecule has 4 nitrogen and oxygen atoms in total. The van der Waals surface area contributed by atoms with Gasteiger partial charge in [-0.15, -0.1) is 0 Å². The lowest BCUT2D eigenvalue weighted by Gasteiger charge is -2.10. The third-order valence-electron chi connectivity index (χ3n) is 2.35. The smallest absolute Gasteiger partial charge is 0.178 e. The molecule has 1 aromatic carbocycles. The van der Waals surface area contributed by atoms with E-state index in [4.69, 9.17) is 17.3 Å². The third-order valence-corrected chi connectivity index (χ3v) is 4.48. The quantitative estimate of drug-likeness (QED) is 0.831. The van der Waals surface area contributed by atoms with Crippen LogP contribution in [0.25, 0.3) is 0 Å². The van der Waals surface area contributed by atoms with Crippen LogP contribution < -0.4 is 5.73 Å². The fourth-order valence-electron chi connectivity index (χ4n) is 1.39. The van der Waals surface area contributed by atoms with Gasteiger partial charge < -0.3 is 10.6 Å². The van der Waals surface area contributed by atoms with Crippen LogP contribution in [-0.2, 0) is 9.84 Å². The van der Waals surface area contributed by atoms with Crippen LogP contribution in [0.4, 0.5) is 5.69 Å². The number of sulfone groups is 1. The maximum Gasteiger partial charge on any atom is 0.178 e. The molecule has 1 rings (SSSR count). The summed E-state index contributed by atoms with van der Waals surface area (Å²) in [6.07, 6.45) is 0.595. The van der Waals surface area contributed by atoms with Gasteiger partial charge in [0.25, 0.3) is 0 Å². The molecule has 6 heteroatoms. The van der Waals surface area contributed by atoms with E-state index in [9.17, 15) is 8.42 Å². The minimum Gasteiger partial charge on any atom is -0.398 e. The average molecular weight is 277 g/mol. The molecule has 0 saturated carbocycles. The van der Waals surface area contributed by atoms with E-state index < -0.39 is 9.84 Å². The molecule has 96 valence electrons. The minimum absolute atomic E-state index is 0.116. The SMILES string of the molecule is CN(C)CCCS(=O)(=O)c1ccc(N)c(Cl)c1. The van der Waals surface area contributed by atoms with Crippen molar-refractivity contribution in [3.05, 3.63) is 23.2 Å². The van der Waals surface area contributed by atoms with Crippen LogP contribution in [0.15, 0.2) is 23.1 Å². The van der Waals surface area contributed by atoms with Crippen LogP contribution in [0.3, 0.4) is 0 Å². The maximum absolute atomic E-state index is 12.0. The van der Waals surface area contributed by atoms with E-state index in [0.29, 0.717) is 12.1 Å². The summed E-state index contributed by atoms with van der Waals surface area (Å²) >= 11 is 5.81. The Morgan fingerprint density at radius 1 is 1.35 bits per heavy atom. The summed E-state index contributed by atoms with van der Waals surface area (Å²) in [7, 11) is 0.557. The van der Waals surface area contributed by atoms with Crippen molar-refractivity contribution in [2.24, 2.45) is 0 Å². The fourth-order valence-corrected chi connectivity index (χ4v) is 2.95. The zero-order valence-corrected chi connectivity index (χ0v) is 11.6. The number of nitrogen functional groups attached to an aromatic ring is 1. The van der Waals surface area contributed by atoms with Gasteiger partial charge in [-0.2, -0.15) is 0 Å². The summed E-state index contributed by atoms with van der Waals surface area (Å²) in [5, 5.41) is 0.277. The van der Waals surface area contributed by atoms with Gasteiger partial charge in [-0.05, 0) is 45.3 Å². The third kappa shape index (κ3) is 4.18. The second-order valence-corrected chi connectivity index (χ2v) is 6.68. The van der Waals surface area contributed by atoms with Crippen molar-refractivity contribution in [3.8, 4) is 0 Å². The summed E-state index contributed by atoms with van der Waals surface area (Å²) in [5.74, 6) is 0.116. The molecular weight excluding hydrogens is 260 g/mol. The molecule has 0 aliphatic rings. The highest BCUT2D eigenvalue weighted by molar-refractivity contribution is 7.91. The van der Waals surface area contributed by atoms with Crippen LogP contribution in [0, 0.1) is 0 Å². The monoisotopic (exact) mass is 276 g/mol. The summed E-state index contributed by atoms with van der Waals surface area (Å²) < 4.78 is 23.9. The number of anilines is 1. The molecule has 0 unspecified atom stereocenters. The first-order chi connectivity index (χ1) is 7.83. The Bertz CT molecular complexity index is 486. The van der Waals surface area contributed by atoms with Crippen molar-refractivity contribution in [1.82, 2.24) is 4.90 Å². The van der Waals surface area contributed by atoms with Gasteiger partial charge in [-0.3, -0.25) is 0 Å². The molecule has 0 aliphatic heterocycles. The lowest BCUT2D eigenvalue weighted by atomic mass is 10.3. The summed E-state index contributed by atoms with van der Waals surface area (Å²) in [6, 6.07) is 4.41. The highest BCUT2D eigenvalue weighted by atomic mass is 35.5. The Hall–Kier alpha value is -0.780. The lowest BCUT2D eigenvalue weighted by Crippen LogP contribution is -2.17. The average Bonchev–Trinajstić information content (AvgIpc) is 2.21. The zero-order chi connectivity index (χ0) is 13.1. The molecule has 0 bridgehead atoms. The number of halogens is 1. The van der Waals surface area contributed by atoms with Crippen molar-refractivity contribution >= 4 is 27.1 Å². The number of benzene rings is 1. The molecule has 0 aliphatic carbocycles. The van der Waals surface area contributed by atoms with E-state index >= 15 is 0 Å². The van der Waals surface area contributed by atoms with Gasteiger partial charge in [0.1, 0.15) is 0 Å². The number of nitrogens with two attached hydrogens (primary N) is 1.